The molecule has 0 aromatic heterocycles. The summed E-state index contributed by atoms with van der Waals surface area (Å²) < 4.78 is 5.26. The molecule has 3 atom stereocenters. The fourth-order valence-corrected chi connectivity index (χ4v) is 4.97. The molecule has 3 heterocycles. The second-order valence-electron chi connectivity index (χ2n) is 7.36. The third kappa shape index (κ3) is 2.49. The third-order valence-electron chi connectivity index (χ3n) is 5.93. The number of imide groups is 1. The molecule has 0 spiro atoms. The Bertz CT molecular complexity index is 948. The van der Waals surface area contributed by atoms with Crippen LogP contribution in [0.3, 0.4) is 0 Å². The van der Waals surface area contributed by atoms with E-state index in [1.165, 1.54) is 4.90 Å². The number of benzene rings is 2. The maximum Gasteiger partial charge on any atom is 0.253 e. The number of methoxy groups -OCH3 is 1. The van der Waals surface area contributed by atoms with Crippen LogP contribution in [0.4, 0.5) is 5.69 Å². The van der Waals surface area contributed by atoms with E-state index in [9.17, 15) is 9.59 Å². The third-order valence-corrected chi connectivity index (χ3v) is 6.16. The number of hydrogen-bond acceptors (Lipinski definition) is 5. The molecule has 0 N–H and O–H groups in total. The minimum Gasteiger partial charge on any atom is -0.497 e. The molecule has 5 rings (SSSR count). The molecule has 7 heteroatoms. The van der Waals surface area contributed by atoms with Crippen LogP contribution in [0.2, 0.25) is 5.02 Å². The highest BCUT2D eigenvalue weighted by Gasteiger charge is 2.62. The van der Waals surface area contributed by atoms with Crippen molar-refractivity contribution >= 4 is 29.1 Å². The Morgan fingerprint density at radius 2 is 1.68 bits per heavy atom. The van der Waals surface area contributed by atoms with Gasteiger partial charge < -0.3 is 4.74 Å². The van der Waals surface area contributed by atoms with Crippen LogP contribution in [0.15, 0.2) is 48.5 Å². The topological polar surface area (TPSA) is 53.1 Å². The van der Waals surface area contributed by atoms with Crippen molar-refractivity contribution < 1.29 is 14.3 Å². The number of fused-ring (bicyclic) bond motifs is 3. The van der Waals surface area contributed by atoms with Crippen molar-refractivity contribution in [1.82, 2.24) is 10.0 Å². The van der Waals surface area contributed by atoms with Gasteiger partial charge in [-0.2, -0.15) is 0 Å². The molecular formula is C21H20ClN3O3. The summed E-state index contributed by atoms with van der Waals surface area (Å²) in [6.45, 7) is 1.64. The number of hydrazine groups is 1. The first-order valence-electron chi connectivity index (χ1n) is 9.40. The first-order chi connectivity index (χ1) is 13.6. The van der Waals surface area contributed by atoms with E-state index in [4.69, 9.17) is 16.3 Å². The van der Waals surface area contributed by atoms with Crippen LogP contribution in [0.25, 0.3) is 0 Å². The number of carbonyl (C=O) groups is 2. The summed E-state index contributed by atoms with van der Waals surface area (Å²) >= 11 is 6.10. The summed E-state index contributed by atoms with van der Waals surface area (Å²) in [5.41, 5.74) is 1.56. The highest BCUT2D eigenvalue weighted by atomic mass is 35.5. The number of hydrogen-bond donors (Lipinski definition) is 0. The Balaban J connectivity index is 1.56. The van der Waals surface area contributed by atoms with Gasteiger partial charge in [-0.1, -0.05) is 29.8 Å². The fourth-order valence-electron chi connectivity index (χ4n) is 4.78. The van der Waals surface area contributed by atoms with E-state index in [2.05, 4.69) is 10.0 Å². The average Bonchev–Trinajstić information content (AvgIpc) is 3.34. The van der Waals surface area contributed by atoms with Gasteiger partial charge in [0, 0.05) is 18.1 Å². The van der Waals surface area contributed by atoms with Gasteiger partial charge in [-0.15, -0.1) is 0 Å². The molecule has 3 fully saturated rings. The van der Waals surface area contributed by atoms with Gasteiger partial charge in [0.2, 0.25) is 5.91 Å². The van der Waals surface area contributed by atoms with Crippen LogP contribution < -0.4 is 9.64 Å². The van der Waals surface area contributed by atoms with Crippen molar-refractivity contribution in [2.75, 3.05) is 25.1 Å². The zero-order chi connectivity index (χ0) is 19.4. The van der Waals surface area contributed by atoms with Crippen molar-refractivity contribution in [2.24, 2.45) is 5.92 Å². The molecule has 0 radical (unpaired) electrons. The molecule has 3 aliphatic rings. The predicted molar refractivity (Wildman–Crippen MR) is 105 cm³/mol. The van der Waals surface area contributed by atoms with Crippen LogP contribution in [0.1, 0.15) is 18.0 Å². The standard InChI is InChI=1S/C21H20ClN3O3/c1-28-16-8-6-13(7-9-16)18-17-19(24-11-3-10-23(18)24)21(27)25(20(17)26)15-5-2-4-14(22)12-15/h2,4-9,12,17-19H,3,10-11H2,1H3. The summed E-state index contributed by atoms with van der Waals surface area (Å²) in [6, 6.07) is 14.1. The summed E-state index contributed by atoms with van der Waals surface area (Å²) in [5.74, 6) is 0.0128. The van der Waals surface area contributed by atoms with Crippen molar-refractivity contribution in [3.8, 4) is 5.75 Å². The number of ether oxygens (including phenoxy) is 1. The van der Waals surface area contributed by atoms with Gasteiger partial charge in [-0.3, -0.25) is 9.59 Å². The molecule has 6 nitrogen and oxygen atoms in total. The summed E-state index contributed by atoms with van der Waals surface area (Å²) in [6.07, 6.45) is 0.981. The average molecular weight is 398 g/mol. The fraction of sp³-hybridized carbons (Fsp3) is 0.333. The molecule has 28 heavy (non-hydrogen) atoms. The number of nitrogens with zero attached hydrogens (tertiary/aromatic N) is 3. The van der Waals surface area contributed by atoms with Crippen LogP contribution in [-0.4, -0.2) is 48.1 Å². The van der Waals surface area contributed by atoms with E-state index in [1.807, 2.05) is 24.3 Å². The van der Waals surface area contributed by atoms with Gasteiger partial charge in [0.05, 0.1) is 24.8 Å². The molecule has 144 valence electrons. The van der Waals surface area contributed by atoms with E-state index in [0.717, 1.165) is 30.8 Å². The number of carbonyl (C=O) groups excluding carboxylic acids is 2. The Labute approximate surface area is 168 Å². The molecule has 2 aromatic rings. The molecular weight excluding hydrogens is 378 g/mol. The molecule has 2 aromatic carbocycles. The number of anilines is 1. The molecule has 0 aliphatic carbocycles. The largest absolute Gasteiger partial charge is 0.497 e. The number of amides is 2. The van der Waals surface area contributed by atoms with Gasteiger partial charge in [-0.25, -0.2) is 14.9 Å². The van der Waals surface area contributed by atoms with Gasteiger partial charge in [0.25, 0.3) is 5.91 Å². The minimum atomic E-state index is -0.457. The van der Waals surface area contributed by atoms with E-state index >= 15 is 0 Å². The van der Waals surface area contributed by atoms with E-state index < -0.39 is 12.0 Å². The SMILES string of the molecule is COc1ccc(C2C3C(=O)N(c4cccc(Cl)c4)C(=O)C3N3CCCN23)cc1. The lowest BCUT2D eigenvalue weighted by Crippen LogP contribution is -2.44. The Morgan fingerprint density at radius 3 is 2.36 bits per heavy atom. The quantitative estimate of drug-likeness (QED) is 0.745. The Morgan fingerprint density at radius 1 is 0.964 bits per heavy atom. The smallest absolute Gasteiger partial charge is 0.253 e. The van der Waals surface area contributed by atoms with E-state index in [1.54, 1.807) is 31.4 Å². The highest BCUT2D eigenvalue weighted by molar-refractivity contribution is 6.31. The lowest BCUT2D eigenvalue weighted by atomic mass is 9.90. The van der Waals surface area contributed by atoms with Crippen molar-refractivity contribution in [3.63, 3.8) is 0 Å². The van der Waals surface area contributed by atoms with Crippen molar-refractivity contribution in [1.29, 1.82) is 0 Å². The number of halogens is 1. The summed E-state index contributed by atoms with van der Waals surface area (Å²) in [5, 5.41) is 4.79. The Hall–Kier alpha value is -2.41. The first-order valence-corrected chi connectivity index (χ1v) is 9.78. The first kappa shape index (κ1) is 17.7. The maximum atomic E-state index is 13.4. The normalized spacial score (nSPS) is 27.4. The molecule has 0 bridgehead atoms. The van der Waals surface area contributed by atoms with E-state index in [-0.39, 0.29) is 17.9 Å². The zero-order valence-electron chi connectivity index (χ0n) is 15.4. The number of rotatable bonds is 3. The van der Waals surface area contributed by atoms with Gasteiger partial charge >= 0.3 is 0 Å². The zero-order valence-corrected chi connectivity index (χ0v) is 16.2. The molecule has 0 saturated carbocycles. The van der Waals surface area contributed by atoms with Gasteiger partial charge in [0.1, 0.15) is 11.8 Å². The maximum absolute atomic E-state index is 13.4. The second kappa shape index (κ2) is 6.58. The van der Waals surface area contributed by atoms with Gasteiger partial charge in [-0.05, 0) is 42.3 Å². The highest BCUT2D eigenvalue weighted by Crippen LogP contribution is 2.49. The Kier molecular flexibility index (Phi) is 4.16. The predicted octanol–water partition coefficient (Wildman–Crippen LogP) is 2.88. The van der Waals surface area contributed by atoms with Crippen LogP contribution in [0.5, 0.6) is 5.75 Å². The molecule has 3 unspecified atom stereocenters. The minimum absolute atomic E-state index is 0.154. The van der Waals surface area contributed by atoms with E-state index in [0.29, 0.717) is 10.7 Å². The summed E-state index contributed by atoms with van der Waals surface area (Å²) in [4.78, 5) is 28.0. The molecule has 3 saturated heterocycles. The van der Waals surface area contributed by atoms with Crippen molar-refractivity contribution in [2.45, 2.75) is 18.5 Å². The lowest BCUT2D eigenvalue weighted by molar-refractivity contribution is -0.126. The van der Waals surface area contributed by atoms with Crippen LogP contribution >= 0.6 is 11.6 Å². The van der Waals surface area contributed by atoms with Gasteiger partial charge in [0.15, 0.2) is 0 Å². The lowest BCUT2D eigenvalue weighted by Gasteiger charge is -2.29. The summed E-state index contributed by atoms with van der Waals surface area (Å²) in [7, 11) is 1.63. The van der Waals surface area contributed by atoms with Crippen molar-refractivity contribution in [3.05, 3.63) is 59.1 Å². The second-order valence-corrected chi connectivity index (χ2v) is 7.80. The van der Waals surface area contributed by atoms with Crippen LogP contribution in [0, 0.1) is 5.92 Å². The van der Waals surface area contributed by atoms with Crippen LogP contribution in [-0.2, 0) is 9.59 Å². The molecule has 2 amide bonds. The monoisotopic (exact) mass is 397 g/mol. The molecule has 3 aliphatic heterocycles.